The van der Waals surface area contributed by atoms with Gasteiger partial charge in [0.25, 0.3) is 0 Å². The van der Waals surface area contributed by atoms with Crippen LogP contribution in [0.4, 0.5) is 0 Å². The minimum Gasteiger partial charge on any atom is -0.448 e. The van der Waals surface area contributed by atoms with Crippen molar-refractivity contribution >= 4 is 27.3 Å². The number of esters is 1. The minimum absolute atomic E-state index is 0.00736. The molecule has 1 aliphatic heterocycles. The molecule has 3 rings (SSSR count). The number of hydrogen-bond acceptors (Lipinski definition) is 6. The fourth-order valence-electron chi connectivity index (χ4n) is 1.75. The van der Waals surface area contributed by atoms with Gasteiger partial charge in [0.1, 0.15) is 0 Å². The van der Waals surface area contributed by atoms with Gasteiger partial charge in [-0.15, -0.1) is 0 Å². The van der Waals surface area contributed by atoms with E-state index in [1.54, 1.807) is 13.8 Å². The fourth-order valence-corrected chi connectivity index (χ4v) is 2.82. The molecule has 0 N–H and O–H groups in total. The predicted octanol–water partition coefficient (Wildman–Crippen LogP) is 2.29. The van der Waals surface area contributed by atoms with E-state index in [1.165, 1.54) is 6.07 Å². The Morgan fingerprint density at radius 1 is 1.42 bits per heavy atom. The van der Waals surface area contributed by atoms with E-state index in [0.29, 0.717) is 6.42 Å². The molecular formula is C12H12O6S. The molecule has 102 valence electrons. The molecule has 0 amide bonds. The largest absolute Gasteiger partial charge is 0.448 e. The summed E-state index contributed by atoms with van der Waals surface area (Å²) in [5.41, 5.74) is -0.335. The second-order valence-electron chi connectivity index (χ2n) is 5.13. The monoisotopic (exact) mass is 284 g/mol. The summed E-state index contributed by atoms with van der Waals surface area (Å²) in [6.45, 7) is 5.37. The second-order valence-corrected chi connectivity index (χ2v) is 6.64. The number of carbonyl (C=O) groups excluding carboxylic acids is 1. The SMILES string of the molecule is CCC(C)(C)C(=O)Oc1c2c3oc1cc3S(=O)(=O)O2. The summed E-state index contributed by atoms with van der Waals surface area (Å²) < 4.78 is 38.5. The second kappa shape index (κ2) is 3.41. The van der Waals surface area contributed by atoms with Gasteiger partial charge in [0.15, 0.2) is 16.1 Å². The Kier molecular flexibility index (Phi) is 2.21. The summed E-state index contributed by atoms with van der Waals surface area (Å²) in [6.07, 6.45) is 0.599. The van der Waals surface area contributed by atoms with Gasteiger partial charge >= 0.3 is 16.1 Å². The molecule has 0 aliphatic carbocycles. The maximum atomic E-state index is 12.0. The van der Waals surface area contributed by atoms with E-state index in [9.17, 15) is 13.2 Å². The van der Waals surface area contributed by atoms with Gasteiger partial charge in [-0.2, -0.15) is 8.42 Å². The Hall–Kier alpha value is -1.76. The van der Waals surface area contributed by atoms with Crippen molar-refractivity contribution in [3.05, 3.63) is 6.07 Å². The van der Waals surface area contributed by atoms with Crippen molar-refractivity contribution in [1.29, 1.82) is 0 Å². The van der Waals surface area contributed by atoms with E-state index in [0.717, 1.165) is 0 Å². The topological polar surface area (TPSA) is 82.8 Å². The summed E-state index contributed by atoms with van der Waals surface area (Å²) in [6, 6.07) is 1.31. The maximum absolute atomic E-state index is 12.0. The Morgan fingerprint density at radius 2 is 2.11 bits per heavy atom. The van der Waals surface area contributed by atoms with Crippen LogP contribution in [-0.2, 0) is 14.9 Å². The number of benzene rings is 1. The number of hydrogen-bond donors (Lipinski definition) is 0. The highest BCUT2D eigenvalue weighted by atomic mass is 32.2. The molecule has 0 saturated carbocycles. The van der Waals surface area contributed by atoms with Gasteiger partial charge in [-0.25, -0.2) is 0 Å². The zero-order valence-corrected chi connectivity index (χ0v) is 11.5. The molecule has 19 heavy (non-hydrogen) atoms. The van der Waals surface area contributed by atoms with Crippen LogP contribution in [0.1, 0.15) is 27.2 Å². The van der Waals surface area contributed by atoms with Crippen molar-refractivity contribution < 1.29 is 26.5 Å². The first-order valence-corrected chi connectivity index (χ1v) is 7.23. The highest BCUT2D eigenvalue weighted by molar-refractivity contribution is 7.87. The first kappa shape index (κ1) is 12.3. The van der Waals surface area contributed by atoms with Crippen LogP contribution in [0.3, 0.4) is 0 Å². The first-order chi connectivity index (χ1) is 8.76. The molecule has 2 bridgehead atoms. The minimum atomic E-state index is -3.81. The molecule has 7 heteroatoms. The standard InChI is InChI=1S/C12H12O6S/c1-4-12(2,3)11(13)17-8-6-5-7-9(16-6)10(8)18-19(7,14)15/h5H,4H2,1-3H3. The Labute approximate surface area is 109 Å². The molecule has 0 saturated heterocycles. The maximum Gasteiger partial charge on any atom is 0.343 e. The van der Waals surface area contributed by atoms with Gasteiger partial charge in [0.2, 0.25) is 11.5 Å². The normalized spacial score (nSPS) is 16.8. The van der Waals surface area contributed by atoms with Crippen molar-refractivity contribution in [3.8, 4) is 11.5 Å². The molecular weight excluding hydrogens is 272 g/mol. The van der Waals surface area contributed by atoms with Gasteiger partial charge in [-0.05, 0) is 20.3 Å². The van der Waals surface area contributed by atoms with E-state index in [1.807, 2.05) is 6.92 Å². The van der Waals surface area contributed by atoms with Crippen LogP contribution < -0.4 is 8.92 Å². The number of furan rings is 2. The molecule has 2 aromatic heterocycles. The van der Waals surface area contributed by atoms with Crippen LogP contribution in [0, 0.1) is 5.41 Å². The molecule has 2 aromatic rings. The van der Waals surface area contributed by atoms with E-state index in [2.05, 4.69) is 0 Å². The van der Waals surface area contributed by atoms with Gasteiger partial charge in [0, 0.05) is 6.07 Å². The molecule has 0 unspecified atom stereocenters. The number of fused-ring (bicyclic) bond motifs is 1. The smallest absolute Gasteiger partial charge is 0.343 e. The third kappa shape index (κ3) is 1.54. The zero-order valence-electron chi connectivity index (χ0n) is 10.6. The molecule has 0 aromatic carbocycles. The molecule has 0 fully saturated rings. The summed E-state index contributed by atoms with van der Waals surface area (Å²) in [5, 5.41) is 0. The van der Waals surface area contributed by atoms with Crippen molar-refractivity contribution in [2.45, 2.75) is 32.1 Å². The lowest BCUT2D eigenvalue weighted by Gasteiger charge is -2.19. The Bertz CT molecular complexity index is 767. The van der Waals surface area contributed by atoms with Gasteiger partial charge in [0.05, 0.1) is 5.41 Å². The molecule has 0 spiro atoms. The third-order valence-corrected chi connectivity index (χ3v) is 4.66. The van der Waals surface area contributed by atoms with Crippen molar-refractivity contribution in [2.75, 3.05) is 0 Å². The summed E-state index contributed by atoms with van der Waals surface area (Å²) in [7, 11) is -3.81. The van der Waals surface area contributed by atoms with Crippen LogP contribution in [0.5, 0.6) is 11.5 Å². The van der Waals surface area contributed by atoms with Crippen molar-refractivity contribution in [1.82, 2.24) is 0 Å². The zero-order chi connectivity index (χ0) is 14.0. The van der Waals surface area contributed by atoms with Crippen LogP contribution in [0.15, 0.2) is 15.4 Å². The predicted molar refractivity (Wildman–Crippen MR) is 64.9 cm³/mol. The van der Waals surface area contributed by atoms with E-state index >= 15 is 0 Å². The van der Waals surface area contributed by atoms with Crippen LogP contribution in [-0.4, -0.2) is 14.4 Å². The van der Waals surface area contributed by atoms with E-state index in [-0.39, 0.29) is 27.6 Å². The number of ether oxygens (including phenoxy) is 1. The van der Waals surface area contributed by atoms with E-state index < -0.39 is 21.5 Å². The Balaban J connectivity index is 2.00. The van der Waals surface area contributed by atoms with E-state index in [4.69, 9.17) is 13.3 Å². The molecule has 3 heterocycles. The highest BCUT2D eigenvalue weighted by Crippen LogP contribution is 2.52. The average molecular weight is 284 g/mol. The Morgan fingerprint density at radius 3 is 2.74 bits per heavy atom. The molecule has 0 atom stereocenters. The first-order valence-electron chi connectivity index (χ1n) is 5.82. The quantitative estimate of drug-likeness (QED) is 0.488. The highest BCUT2D eigenvalue weighted by Gasteiger charge is 2.42. The lowest BCUT2D eigenvalue weighted by atomic mass is 9.91. The van der Waals surface area contributed by atoms with Crippen molar-refractivity contribution in [3.63, 3.8) is 0 Å². The fraction of sp³-hybridized carbons (Fsp3) is 0.417. The molecule has 6 nitrogen and oxygen atoms in total. The third-order valence-electron chi connectivity index (χ3n) is 3.43. The lowest BCUT2D eigenvalue weighted by molar-refractivity contribution is -0.144. The lowest BCUT2D eigenvalue weighted by Crippen LogP contribution is -2.28. The van der Waals surface area contributed by atoms with Crippen molar-refractivity contribution in [2.24, 2.45) is 5.41 Å². The van der Waals surface area contributed by atoms with Gasteiger partial charge in [-0.3, -0.25) is 4.79 Å². The summed E-state index contributed by atoms with van der Waals surface area (Å²) >= 11 is 0. The average Bonchev–Trinajstić information content (AvgIpc) is 2.92. The van der Waals surface area contributed by atoms with Crippen LogP contribution in [0.2, 0.25) is 0 Å². The van der Waals surface area contributed by atoms with Gasteiger partial charge in [-0.1, -0.05) is 6.92 Å². The van der Waals surface area contributed by atoms with Crippen LogP contribution >= 0.6 is 0 Å². The molecule has 1 aliphatic rings. The van der Waals surface area contributed by atoms with Crippen LogP contribution in [0.25, 0.3) is 11.2 Å². The molecule has 0 radical (unpaired) electrons. The van der Waals surface area contributed by atoms with Gasteiger partial charge < -0.3 is 13.3 Å². The number of rotatable bonds is 3. The summed E-state index contributed by atoms with van der Waals surface area (Å²) in [4.78, 5) is 12.0. The number of carbonyl (C=O) groups is 1. The summed E-state index contributed by atoms with van der Waals surface area (Å²) in [5.74, 6) is -0.427.